The van der Waals surface area contributed by atoms with E-state index in [0.717, 1.165) is 12.1 Å². The molecule has 1 aromatic carbocycles. The van der Waals surface area contributed by atoms with Crippen molar-refractivity contribution in [1.82, 2.24) is 14.8 Å². The highest BCUT2D eigenvalue weighted by Gasteiger charge is 2.15. The van der Waals surface area contributed by atoms with Crippen LogP contribution in [0.15, 0.2) is 24.5 Å². The fraction of sp³-hybridized carbons (Fsp3) is 0.385. The van der Waals surface area contributed by atoms with E-state index >= 15 is 0 Å². The van der Waals surface area contributed by atoms with Crippen molar-refractivity contribution >= 4 is 5.69 Å². The first-order chi connectivity index (χ1) is 8.99. The molecule has 0 spiro atoms. The number of rotatable bonds is 4. The van der Waals surface area contributed by atoms with Gasteiger partial charge in [0.2, 0.25) is 0 Å². The molecule has 1 heterocycles. The molecule has 2 aromatic rings. The Labute approximate surface area is 111 Å². The first-order valence-electron chi connectivity index (χ1n) is 6.12. The van der Waals surface area contributed by atoms with Gasteiger partial charge in [-0.3, -0.25) is 10.1 Å². The molecule has 0 fully saturated rings. The van der Waals surface area contributed by atoms with Gasteiger partial charge in [0, 0.05) is 23.7 Å². The van der Waals surface area contributed by atoms with E-state index in [2.05, 4.69) is 24.0 Å². The zero-order valence-electron chi connectivity index (χ0n) is 11.2. The molecule has 0 aliphatic rings. The zero-order chi connectivity index (χ0) is 14.0. The van der Waals surface area contributed by atoms with Gasteiger partial charge in [0.05, 0.1) is 4.92 Å². The van der Waals surface area contributed by atoms with Crippen molar-refractivity contribution in [1.29, 1.82) is 0 Å². The Kier molecular flexibility index (Phi) is 3.59. The number of hydrogen-bond donors (Lipinski definition) is 0. The molecule has 0 unspecified atom stereocenters. The van der Waals surface area contributed by atoms with Gasteiger partial charge >= 0.3 is 0 Å². The number of aryl methyl sites for hydroxylation is 1. The SMILES string of the molecule is Cc1ccc(-c2nncn2CC(C)C)cc1[N+](=O)[O-]. The van der Waals surface area contributed by atoms with E-state index < -0.39 is 0 Å². The highest BCUT2D eigenvalue weighted by atomic mass is 16.6. The summed E-state index contributed by atoms with van der Waals surface area (Å²) in [4.78, 5) is 10.6. The van der Waals surface area contributed by atoms with Gasteiger partial charge in [0.1, 0.15) is 6.33 Å². The summed E-state index contributed by atoms with van der Waals surface area (Å²) in [5.74, 6) is 1.12. The Morgan fingerprint density at radius 2 is 2.16 bits per heavy atom. The van der Waals surface area contributed by atoms with Crippen molar-refractivity contribution in [2.45, 2.75) is 27.3 Å². The van der Waals surface area contributed by atoms with Crippen molar-refractivity contribution in [3.05, 3.63) is 40.2 Å². The summed E-state index contributed by atoms with van der Waals surface area (Å²) in [7, 11) is 0. The van der Waals surface area contributed by atoms with Crippen LogP contribution in [0.5, 0.6) is 0 Å². The second-order valence-electron chi connectivity index (χ2n) is 4.96. The number of nitro benzene ring substituents is 1. The highest BCUT2D eigenvalue weighted by molar-refractivity contribution is 5.61. The third-order valence-electron chi connectivity index (χ3n) is 2.84. The van der Waals surface area contributed by atoms with Crippen LogP contribution in [-0.4, -0.2) is 19.7 Å². The Bertz CT molecular complexity index is 604. The summed E-state index contributed by atoms with van der Waals surface area (Å²) in [6.07, 6.45) is 1.65. The van der Waals surface area contributed by atoms with Crippen LogP contribution in [0.2, 0.25) is 0 Å². The first kappa shape index (κ1) is 13.2. The molecule has 100 valence electrons. The molecule has 6 nitrogen and oxygen atoms in total. The molecule has 0 atom stereocenters. The quantitative estimate of drug-likeness (QED) is 0.625. The van der Waals surface area contributed by atoms with Crippen LogP contribution in [0, 0.1) is 23.0 Å². The van der Waals surface area contributed by atoms with Gasteiger partial charge in [0.15, 0.2) is 5.82 Å². The molecule has 0 N–H and O–H groups in total. The van der Waals surface area contributed by atoms with E-state index in [-0.39, 0.29) is 10.6 Å². The normalized spacial score (nSPS) is 10.9. The van der Waals surface area contributed by atoms with Gasteiger partial charge in [-0.15, -0.1) is 10.2 Å². The van der Waals surface area contributed by atoms with Crippen LogP contribution in [0.25, 0.3) is 11.4 Å². The lowest BCUT2D eigenvalue weighted by Crippen LogP contribution is -2.05. The van der Waals surface area contributed by atoms with Gasteiger partial charge in [-0.1, -0.05) is 26.0 Å². The minimum atomic E-state index is -0.373. The van der Waals surface area contributed by atoms with Gasteiger partial charge in [-0.2, -0.15) is 0 Å². The molecule has 2 rings (SSSR count). The monoisotopic (exact) mass is 260 g/mol. The Hall–Kier alpha value is -2.24. The van der Waals surface area contributed by atoms with Gasteiger partial charge in [0.25, 0.3) is 5.69 Å². The highest BCUT2D eigenvalue weighted by Crippen LogP contribution is 2.25. The third kappa shape index (κ3) is 2.78. The molecule has 0 saturated carbocycles. The predicted octanol–water partition coefficient (Wildman–Crippen LogP) is 2.82. The predicted molar refractivity (Wildman–Crippen MR) is 71.7 cm³/mol. The maximum absolute atomic E-state index is 11.0. The molecule has 19 heavy (non-hydrogen) atoms. The largest absolute Gasteiger partial charge is 0.313 e. The molecule has 0 saturated heterocycles. The molecule has 0 amide bonds. The lowest BCUT2D eigenvalue weighted by molar-refractivity contribution is -0.385. The minimum absolute atomic E-state index is 0.108. The molecular formula is C13H16N4O2. The topological polar surface area (TPSA) is 73.8 Å². The summed E-state index contributed by atoms with van der Waals surface area (Å²) >= 11 is 0. The summed E-state index contributed by atoms with van der Waals surface area (Å²) in [5.41, 5.74) is 1.47. The van der Waals surface area contributed by atoms with Crippen LogP contribution in [-0.2, 0) is 6.54 Å². The number of benzene rings is 1. The number of nitrogens with zero attached hydrogens (tertiary/aromatic N) is 4. The number of hydrogen-bond acceptors (Lipinski definition) is 4. The van der Waals surface area contributed by atoms with Gasteiger partial charge < -0.3 is 4.57 Å². The first-order valence-corrected chi connectivity index (χ1v) is 6.12. The smallest absolute Gasteiger partial charge is 0.273 e. The van der Waals surface area contributed by atoms with Crippen molar-refractivity contribution in [3.8, 4) is 11.4 Å². The summed E-state index contributed by atoms with van der Waals surface area (Å²) < 4.78 is 1.92. The van der Waals surface area contributed by atoms with E-state index in [1.54, 1.807) is 25.4 Å². The fourth-order valence-electron chi connectivity index (χ4n) is 1.95. The van der Waals surface area contributed by atoms with Crippen LogP contribution < -0.4 is 0 Å². The Morgan fingerprint density at radius 3 is 2.79 bits per heavy atom. The maximum Gasteiger partial charge on any atom is 0.273 e. The van der Waals surface area contributed by atoms with Crippen molar-refractivity contribution < 1.29 is 4.92 Å². The standard InChI is InChI=1S/C13H16N4O2/c1-9(2)7-16-8-14-15-13(16)11-5-4-10(3)12(6-11)17(18)19/h4-6,8-9H,7H2,1-3H3. The average Bonchev–Trinajstić information content (AvgIpc) is 2.76. The second-order valence-corrected chi connectivity index (χ2v) is 4.96. The molecule has 0 aliphatic heterocycles. The van der Waals surface area contributed by atoms with E-state index in [1.165, 1.54) is 0 Å². The lowest BCUT2D eigenvalue weighted by atomic mass is 10.1. The van der Waals surface area contributed by atoms with Crippen LogP contribution in [0.1, 0.15) is 19.4 Å². The van der Waals surface area contributed by atoms with Crippen LogP contribution in [0.3, 0.4) is 0 Å². The van der Waals surface area contributed by atoms with Gasteiger partial charge in [-0.05, 0) is 12.8 Å². The summed E-state index contributed by atoms with van der Waals surface area (Å²) in [6.45, 7) is 6.70. The fourth-order valence-corrected chi connectivity index (χ4v) is 1.95. The van der Waals surface area contributed by atoms with E-state index in [0.29, 0.717) is 17.3 Å². The molecule has 0 aliphatic carbocycles. The Morgan fingerprint density at radius 1 is 1.42 bits per heavy atom. The Balaban J connectivity index is 2.45. The average molecular weight is 260 g/mol. The van der Waals surface area contributed by atoms with E-state index in [1.807, 2.05) is 10.6 Å². The maximum atomic E-state index is 11.0. The zero-order valence-corrected chi connectivity index (χ0v) is 11.2. The molecular weight excluding hydrogens is 244 g/mol. The number of nitro groups is 1. The van der Waals surface area contributed by atoms with Crippen molar-refractivity contribution in [3.63, 3.8) is 0 Å². The second kappa shape index (κ2) is 5.17. The third-order valence-corrected chi connectivity index (χ3v) is 2.84. The molecule has 1 aromatic heterocycles. The minimum Gasteiger partial charge on any atom is -0.313 e. The van der Waals surface area contributed by atoms with Crippen molar-refractivity contribution in [2.24, 2.45) is 5.92 Å². The lowest BCUT2D eigenvalue weighted by Gasteiger charge is -2.09. The van der Waals surface area contributed by atoms with Crippen LogP contribution >= 0.6 is 0 Å². The summed E-state index contributed by atoms with van der Waals surface area (Å²) in [6, 6.07) is 5.13. The molecule has 0 radical (unpaired) electrons. The molecule has 0 bridgehead atoms. The van der Waals surface area contributed by atoms with Gasteiger partial charge in [-0.25, -0.2) is 0 Å². The van der Waals surface area contributed by atoms with E-state index in [4.69, 9.17) is 0 Å². The number of aromatic nitrogens is 3. The van der Waals surface area contributed by atoms with Crippen LogP contribution in [0.4, 0.5) is 5.69 Å². The van der Waals surface area contributed by atoms with Crippen molar-refractivity contribution in [2.75, 3.05) is 0 Å². The van der Waals surface area contributed by atoms with E-state index in [9.17, 15) is 10.1 Å². The summed E-state index contributed by atoms with van der Waals surface area (Å²) in [5, 5.41) is 18.9. The molecule has 6 heteroatoms.